The Morgan fingerprint density at radius 3 is 2.72 bits per heavy atom. The summed E-state index contributed by atoms with van der Waals surface area (Å²) < 4.78 is 26.6. The van der Waals surface area contributed by atoms with Gasteiger partial charge in [0, 0.05) is 48.6 Å². The molecule has 0 bridgehead atoms. The summed E-state index contributed by atoms with van der Waals surface area (Å²) in [6.45, 7) is 1.53. The van der Waals surface area contributed by atoms with Gasteiger partial charge in [-0.3, -0.25) is 9.59 Å². The van der Waals surface area contributed by atoms with Crippen molar-refractivity contribution in [2.75, 3.05) is 24.5 Å². The molecule has 0 unspecified atom stereocenters. The fourth-order valence-corrected chi connectivity index (χ4v) is 4.36. The normalized spacial score (nSPS) is 23.0. The van der Waals surface area contributed by atoms with Crippen LogP contribution in [-0.4, -0.2) is 36.3 Å². The molecule has 1 atom stereocenters. The van der Waals surface area contributed by atoms with Gasteiger partial charge in [0.05, 0.1) is 5.56 Å². The molecule has 1 aromatic heterocycles. The molecule has 4 rings (SSSR count). The number of likely N-dealkylation sites (tertiary alicyclic amines) is 1. The number of rotatable bonds is 2. The van der Waals surface area contributed by atoms with Gasteiger partial charge >= 0.3 is 0 Å². The van der Waals surface area contributed by atoms with Crippen molar-refractivity contribution in [2.24, 2.45) is 5.41 Å². The molecule has 3 heterocycles. The summed E-state index contributed by atoms with van der Waals surface area (Å²) in [6, 6.07) is 5.30. The summed E-state index contributed by atoms with van der Waals surface area (Å²) in [7, 11) is 0. The zero-order valence-corrected chi connectivity index (χ0v) is 14.2. The van der Waals surface area contributed by atoms with Crippen molar-refractivity contribution >= 4 is 28.8 Å². The highest BCUT2D eigenvalue weighted by atomic mass is 32.1. The van der Waals surface area contributed by atoms with Crippen molar-refractivity contribution in [3.8, 4) is 0 Å². The highest BCUT2D eigenvalue weighted by Crippen LogP contribution is 2.42. The van der Waals surface area contributed by atoms with Gasteiger partial charge in [-0.15, -0.1) is 0 Å². The maximum Gasteiger partial charge on any atom is 0.254 e. The second-order valence-corrected chi connectivity index (χ2v) is 7.52. The molecule has 0 saturated carbocycles. The smallest absolute Gasteiger partial charge is 0.254 e. The number of halogens is 2. The van der Waals surface area contributed by atoms with Gasteiger partial charge < -0.3 is 9.80 Å². The van der Waals surface area contributed by atoms with Crippen LogP contribution in [-0.2, 0) is 4.79 Å². The van der Waals surface area contributed by atoms with E-state index in [9.17, 15) is 18.4 Å². The summed E-state index contributed by atoms with van der Waals surface area (Å²) in [5, 5.41) is 3.68. The summed E-state index contributed by atoms with van der Waals surface area (Å²) in [5.41, 5.74) is 0.723. The Hall–Kier alpha value is -2.28. The third kappa shape index (κ3) is 2.82. The lowest BCUT2D eigenvalue weighted by Gasteiger charge is -2.24. The minimum absolute atomic E-state index is 0.0168. The number of benzene rings is 1. The molecule has 0 aliphatic carbocycles. The number of hydrogen-bond acceptors (Lipinski definition) is 3. The number of anilines is 1. The second kappa shape index (κ2) is 5.91. The standard InChI is InChI=1S/C18H16F2N2O2S/c19-14-2-1-13(7-15(14)20)22-11-18(8-16(22)23)4-5-21(10-18)17(24)12-3-6-25-9-12/h1-3,6-7,9H,4-5,8,10-11H2/t18-/m1/s1. The second-order valence-electron chi connectivity index (χ2n) is 6.74. The average molecular weight is 362 g/mol. The summed E-state index contributed by atoms with van der Waals surface area (Å²) in [5.74, 6) is -2.03. The van der Waals surface area contributed by atoms with Crippen LogP contribution >= 0.6 is 11.3 Å². The average Bonchev–Trinajstić information content (AvgIpc) is 3.31. The molecular formula is C18H16F2N2O2S. The van der Waals surface area contributed by atoms with E-state index in [2.05, 4.69) is 0 Å². The van der Waals surface area contributed by atoms with Gasteiger partial charge in [-0.2, -0.15) is 11.3 Å². The minimum atomic E-state index is -0.966. The molecule has 2 aliphatic heterocycles. The van der Waals surface area contributed by atoms with Gasteiger partial charge in [0.15, 0.2) is 11.6 Å². The van der Waals surface area contributed by atoms with Crippen LogP contribution in [0.15, 0.2) is 35.0 Å². The molecule has 2 aliphatic rings. The van der Waals surface area contributed by atoms with Gasteiger partial charge in [0.1, 0.15) is 0 Å². The third-order valence-corrected chi connectivity index (χ3v) is 5.71. The van der Waals surface area contributed by atoms with Crippen LogP contribution in [0.2, 0.25) is 0 Å². The van der Waals surface area contributed by atoms with E-state index in [1.807, 2.05) is 10.8 Å². The first-order valence-electron chi connectivity index (χ1n) is 8.04. The maximum absolute atomic E-state index is 13.5. The monoisotopic (exact) mass is 362 g/mol. The Bertz CT molecular complexity index is 840. The van der Waals surface area contributed by atoms with Crippen LogP contribution in [0.4, 0.5) is 14.5 Å². The molecule has 2 fully saturated rings. The SMILES string of the molecule is O=C(c1ccsc1)N1CC[C@@]2(CC(=O)N(c3ccc(F)c(F)c3)C2)C1. The Morgan fingerprint density at radius 1 is 1.16 bits per heavy atom. The lowest BCUT2D eigenvalue weighted by Crippen LogP contribution is -2.34. The molecular weight excluding hydrogens is 346 g/mol. The van der Waals surface area contributed by atoms with E-state index in [0.29, 0.717) is 37.3 Å². The van der Waals surface area contributed by atoms with E-state index >= 15 is 0 Å². The van der Waals surface area contributed by atoms with Crippen molar-refractivity contribution in [1.29, 1.82) is 0 Å². The van der Waals surface area contributed by atoms with E-state index in [-0.39, 0.29) is 17.2 Å². The van der Waals surface area contributed by atoms with Crippen LogP contribution < -0.4 is 4.90 Å². The van der Waals surface area contributed by atoms with E-state index < -0.39 is 11.6 Å². The lowest BCUT2D eigenvalue weighted by atomic mass is 9.86. The van der Waals surface area contributed by atoms with Crippen LogP contribution in [0, 0.1) is 17.0 Å². The molecule has 0 N–H and O–H groups in total. The topological polar surface area (TPSA) is 40.6 Å². The Balaban J connectivity index is 1.52. The lowest BCUT2D eigenvalue weighted by molar-refractivity contribution is -0.117. The molecule has 130 valence electrons. The Kier molecular flexibility index (Phi) is 3.83. The summed E-state index contributed by atoms with van der Waals surface area (Å²) in [6.07, 6.45) is 1.05. The number of hydrogen-bond donors (Lipinski definition) is 0. The van der Waals surface area contributed by atoms with Crippen LogP contribution in [0.5, 0.6) is 0 Å². The molecule has 1 aromatic carbocycles. The van der Waals surface area contributed by atoms with Crippen molar-refractivity contribution in [1.82, 2.24) is 4.90 Å². The molecule has 2 aromatic rings. The zero-order chi connectivity index (χ0) is 17.6. The van der Waals surface area contributed by atoms with E-state index in [4.69, 9.17) is 0 Å². The molecule has 1 spiro atoms. The molecule has 7 heteroatoms. The zero-order valence-electron chi connectivity index (χ0n) is 13.4. The van der Waals surface area contributed by atoms with Crippen molar-refractivity contribution in [2.45, 2.75) is 12.8 Å². The van der Waals surface area contributed by atoms with Gasteiger partial charge in [0.25, 0.3) is 5.91 Å². The van der Waals surface area contributed by atoms with Gasteiger partial charge in [-0.1, -0.05) is 0 Å². The highest BCUT2D eigenvalue weighted by Gasteiger charge is 2.49. The number of amides is 2. The first-order valence-corrected chi connectivity index (χ1v) is 8.99. The third-order valence-electron chi connectivity index (χ3n) is 5.03. The van der Waals surface area contributed by atoms with Crippen LogP contribution in [0.1, 0.15) is 23.2 Å². The van der Waals surface area contributed by atoms with Crippen molar-refractivity contribution in [3.05, 3.63) is 52.2 Å². The number of carbonyl (C=O) groups is 2. The Labute approximate surface area is 147 Å². The van der Waals surface area contributed by atoms with Crippen LogP contribution in [0.3, 0.4) is 0 Å². The highest BCUT2D eigenvalue weighted by molar-refractivity contribution is 7.08. The molecule has 4 nitrogen and oxygen atoms in total. The molecule has 2 amide bonds. The first-order chi connectivity index (χ1) is 12.0. The maximum atomic E-state index is 13.5. The number of carbonyl (C=O) groups excluding carboxylic acids is 2. The number of nitrogens with zero attached hydrogens (tertiary/aromatic N) is 2. The van der Waals surface area contributed by atoms with Crippen molar-refractivity contribution < 1.29 is 18.4 Å². The molecule has 0 radical (unpaired) electrons. The van der Waals surface area contributed by atoms with Gasteiger partial charge in [-0.25, -0.2) is 8.78 Å². The minimum Gasteiger partial charge on any atom is -0.338 e. The van der Waals surface area contributed by atoms with Gasteiger partial charge in [0.2, 0.25) is 5.91 Å². The predicted octanol–water partition coefficient (Wildman–Crippen LogP) is 3.30. The fraction of sp³-hybridized carbons (Fsp3) is 0.333. The molecule has 25 heavy (non-hydrogen) atoms. The Morgan fingerprint density at radius 2 is 2.00 bits per heavy atom. The van der Waals surface area contributed by atoms with Gasteiger partial charge in [-0.05, 0) is 30.0 Å². The first kappa shape index (κ1) is 16.2. The number of thiophene rings is 1. The predicted molar refractivity (Wildman–Crippen MR) is 90.6 cm³/mol. The van der Waals surface area contributed by atoms with E-state index in [1.54, 1.807) is 11.0 Å². The van der Waals surface area contributed by atoms with E-state index in [0.717, 1.165) is 18.6 Å². The largest absolute Gasteiger partial charge is 0.338 e. The fourth-order valence-electron chi connectivity index (χ4n) is 3.73. The molecule has 2 saturated heterocycles. The van der Waals surface area contributed by atoms with Crippen molar-refractivity contribution in [3.63, 3.8) is 0 Å². The van der Waals surface area contributed by atoms with Crippen LogP contribution in [0.25, 0.3) is 0 Å². The summed E-state index contributed by atoms with van der Waals surface area (Å²) in [4.78, 5) is 28.2. The summed E-state index contributed by atoms with van der Waals surface area (Å²) >= 11 is 1.48. The van der Waals surface area contributed by atoms with E-state index in [1.165, 1.54) is 22.3 Å². The quantitative estimate of drug-likeness (QED) is 0.823.